The molecule has 236 valence electrons. The van der Waals surface area contributed by atoms with Crippen LogP contribution in [0.15, 0.2) is 22.4 Å². The van der Waals surface area contributed by atoms with Crippen LogP contribution in [0.4, 0.5) is 23.3 Å². The average Bonchev–Trinajstić information content (AvgIpc) is 3.47. The number of fused-ring (bicyclic) bond motifs is 2. The smallest absolute Gasteiger partial charge is 0.280 e. The zero-order valence-corrected chi connectivity index (χ0v) is 24.2. The summed E-state index contributed by atoms with van der Waals surface area (Å²) in [6.07, 6.45) is -3.05. The Kier molecular flexibility index (Phi) is 7.96. The number of nitrogens with two attached hydrogens (primary N) is 2. The van der Waals surface area contributed by atoms with E-state index < -0.39 is 75.3 Å². The van der Waals surface area contributed by atoms with Gasteiger partial charge in [0.05, 0.1) is 29.9 Å². The van der Waals surface area contributed by atoms with E-state index in [2.05, 4.69) is 45.9 Å². The zero-order valence-electron chi connectivity index (χ0n) is 23.4. The number of amides is 2. The Balaban J connectivity index is 1.13. The number of aromatic amines is 1. The van der Waals surface area contributed by atoms with Crippen molar-refractivity contribution in [3.05, 3.63) is 23.0 Å². The van der Waals surface area contributed by atoms with Gasteiger partial charge in [-0.3, -0.25) is 23.9 Å². The van der Waals surface area contributed by atoms with Gasteiger partial charge in [-0.25, -0.2) is 28.4 Å². The first-order chi connectivity index (χ1) is 20.7. The predicted octanol–water partition coefficient (Wildman–Crippen LogP) is -3.68. The summed E-state index contributed by atoms with van der Waals surface area (Å²) in [6.45, 7) is 2.42. The number of aliphatic imine (C=N–C) groups is 1. The van der Waals surface area contributed by atoms with Gasteiger partial charge in [0.1, 0.15) is 35.9 Å². The minimum absolute atomic E-state index is 0.0901. The lowest BCUT2D eigenvalue weighted by Crippen LogP contribution is -2.52. The number of nitrogen functional groups attached to an aromatic ring is 2. The fourth-order valence-corrected chi connectivity index (χ4v) is 6.11. The Hall–Kier alpha value is -4.73. The van der Waals surface area contributed by atoms with E-state index in [1.807, 2.05) is 0 Å². The highest BCUT2D eigenvalue weighted by atomic mass is 32.2. The van der Waals surface area contributed by atoms with Gasteiger partial charge >= 0.3 is 0 Å². The molecule has 21 heteroatoms. The van der Waals surface area contributed by atoms with Gasteiger partial charge in [0.2, 0.25) is 11.9 Å². The highest BCUT2D eigenvalue weighted by Crippen LogP contribution is 2.33. The van der Waals surface area contributed by atoms with E-state index in [1.54, 1.807) is 13.8 Å². The van der Waals surface area contributed by atoms with Crippen molar-refractivity contribution in [2.75, 3.05) is 41.4 Å². The third-order valence-corrected chi connectivity index (χ3v) is 8.60. The van der Waals surface area contributed by atoms with Crippen molar-refractivity contribution in [1.82, 2.24) is 40.1 Å². The molecule has 0 spiro atoms. The van der Waals surface area contributed by atoms with Gasteiger partial charge < -0.3 is 42.4 Å². The molecule has 4 atom stereocenters. The van der Waals surface area contributed by atoms with Crippen LogP contribution in [0.2, 0.25) is 0 Å². The van der Waals surface area contributed by atoms with Gasteiger partial charge in [0.15, 0.2) is 39.0 Å². The van der Waals surface area contributed by atoms with Crippen LogP contribution in [0.1, 0.15) is 20.1 Å². The largest absolute Gasteiger partial charge is 0.387 e. The van der Waals surface area contributed by atoms with Gasteiger partial charge in [-0.2, -0.15) is 4.98 Å². The van der Waals surface area contributed by atoms with Crippen LogP contribution in [-0.4, -0.2) is 114 Å². The number of H-pyrrole nitrogens is 1. The number of hydrogen-bond acceptors (Lipinski definition) is 16. The number of aliphatic hydroxyl groups excluding tert-OH is 2. The number of carbonyl (C=O) groups is 2. The molecule has 5 heterocycles. The van der Waals surface area contributed by atoms with Crippen LogP contribution in [0.5, 0.6) is 0 Å². The first-order valence-corrected chi connectivity index (χ1v) is 15.0. The molecule has 2 aliphatic heterocycles. The molecule has 1 saturated heterocycles. The third kappa shape index (κ3) is 6.02. The van der Waals surface area contributed by atoms with Crippen LogP contribution >= 0.6 is 0 Å². The summed E-state index contributed by atoms with van der Waals surface area (Å²) in [6, 6.07) is 0. The van der Waals surface area contributed by atoms with Crippen LogP contribution in [0.3, 0.4) is 0 Å². The van der Waals surface area contributed by atoms with Crippen molar-refractivity contribution in [1.29, 1.82) is 0 Å². The van der Waals surface area contributed by atoms with Crippen molar-refractivity contribution in [2.45, 2.75) is 43.9 Å². The molecule has 20 nitrogen and oxygen atoms in total. The van der Waals surface area contributed by atoms with Crippen LogP contribution in [-0.2, 0) is 24.2 Å². The summed E-state index contributed by atoms with van der Waals surface area (Å²) < 4.78 is 32.5. The van der Waals surface area contributed by atoms with E-state index in [0.717, 1.165) is 0 Å². The van der Waals surface area contributed by atoms with Gasteiger partial charge in [-0.15, -0.1) is 0 Å². The summed E-state index contributed by atoms with van der Waals surface area (Å²) in [4.78, 5) is 59.7. The summed E-state index contributed by atoms with van der Waals surface area (Å²) in [5.74, 6) is -2.54. The number of aromatic nitrogens is 6. The number of rotatable bonds is 9. The molecule has 0 radical (unpaired) electrons. The van der Waals surface area contributed by atoms with E-state index in [0.29, 0.717) is 0 Å². The summed E-state index contributed by atoms with van der Waals surface area (Å²) in [5.41, 5.74) is 9.84. The van der Waals surface area contributed by atoms with Gasteiger partial charge in [0.25, 0.3) is 11.5 Å². The Morgan fingerprint density at radius 2 is 1.91 bits per heavy atom. The number of nitrogens with zero attached hydrogens (tertiary/aromatic N) is 6. The van der Waals surface area contributed by atoms with Gasteiger partial charge in [-0.1, -0.05) is 0 Å². The monoisotopic (exact) mass is 634 g/mol. The van der Waals surface area contributed by atoms with Crippen molar-refractivity contribution in [2.24, 2.45) is 4.99 Å². The topological polar surface area (TPSA) is 308 Å². The molecule has 1 fully saturated rings. The zero-order chi connectivity index (χ0) is 32.0. The number of sulfone groups is 1. The van der Waals surface area contributed by atoms with Gasteiger partial charge in [-0.05, 0) is 13.8 Å². The maximum Gasteiger partial charge on any atom is 0.280 e. The van der Waals surface area contributed by atoms with E-state index in [4.69, 9.17) is 16.2 Å². The SMILES string of the molecule is CC1(C)Nc2nc(N)[nH]c(=O)c2N=C1C(=O)NCC(=O)NCCS(=O)(=O)C[C@H]1O[C@@H](n2cnc3c(N)ncnc32)[C@H](O)[C@@H]1O. The maximum absolute atomic E-state index is 12.8. The molecule has 0 aromatic carbocycles. The molecule has 0 unspecified atom stereocenters. The molecule has 0 aliphatic carbocycles. The van der Waals surface area contributed by atoms with E-state index >= 15 is 0 Å². The van der Waals surface area contributed by atoms with Gasteiger partial charge in [0, 0.05) is 6.54 Å². The van der Waals surface area contributed by atoms with E-state index in [-0.39, 0.29) is 46.7 Å². The fourth-order valence-electron chi connectivity index (χ4n) is 4.76. The Morgan fingerprint density at radius 3 is 2.66 bits per heavy atom. The molecule has 2 amide bonds. The number of aliphatic hydroxyl groups is 2. The quantitative estimate of drug-likeness (QED) is 0.112. The lowest BCUT2D eigenvalue weighted by atomic mass is 9.95. The highest BCUT2D eigenvalue weighted by molar-refractivity contribution is 7.91. The second-order valence-electron chi connectivity index (χ2n) is 10.6. The third-order valence-electron chi connectivity index (χ3n) is 6.94. The molecule has 0 bridgehead atoms. The predicted molar refractivity (Wildman–Crippen MR) is 154 cm³/mol. The Labute approximate surface area is 248 Å². The fraction of sp³-hybridized carbons (Fsp3) is 0.478. The number of nitrogens with one attached hydrogen (secondary N) is 4. The lowest BCUT2D eigenvalue weighted by molar-refractivity contribution is -0.123. The standard InChI is InChI=1S/C23H30N12O8S/c1-23(2)15(31-12-17(34-23)32-22(25)33-19(12)39)20(40)27-5-10(36)26-3-4-44(41,42)6-9-13(37)14(38)21(43-9)35-8-30-11-16(24)28-7-29-18(11)35/h7-9,13-14,21,37-38H,3-6H2,1-2H3,(H,26,36)(H,27,40)(H2,24,28,29)(H4,25,32,33,34,39)/t9-,13-,14-,21-/m1/s1. The van der Waals surface area contributed by atoms with Crippen molar-refractivity contribution >= 4 is 61.8 Å². The van der Waals surface area contributed by atoms with Crippen LogP contribution in [0, 0.1) is 0 Å². The molecule has 10 N–H and O–H groups in total. The van der Waals surface area contributed by atoms with Crippen LogP contribution in [0.25, 0.3) is 11.2 Å². The molecular weight excluding hydrogens is 604 g/mol. The number of ether oxygens (including phenoxy) is 1. The Bertz CT molecular complexity index is 1820. The molecule has 5 rings (SSSR count). The molecular formula is C23H30N12O8S. The molecule has 3 aromatic rings. The van der Waals surface area contributed by atoms with E-state index in [1.165, 1.54) is 17.2 Å². The minimum Gasteiger partial charge on any atom is -0.387 e. The van der Waals surface area contributed by atoms with E-state index in [9.17, 15) is 33.0 Å². The minimum atomic E-state index is -3.90. The van der Waals surface area contributed by atoms with Crippen LogP contribution < -0.4 is 33.0 Å². The number of carbonyl (C=O) groups excluding carboxylic acids is 2. The second-order valence-corrected chi connectivity index (χ2v) is 12.9. The summed E-state index contributed by atoms with van der Waals surface area (Å²) in [5, 5.41) is 28.7. The first-order valence-electron chi connectivity index (χ1n) is 13.1. The lowest BCUT2D eigenvalue weighted by Gasteiger charge is -2.31. The van der Waals surface area contributed by atoms with Crippen molar-refractivity contribution in [3.63, 3.8) is 0 Å². The Morgan fingerprint density at radius 1 is 1.16 bits per heavy atom. The average molecular weight is 635 g/mol. The van der Waals surface area contributed by atoms with Crippen molar-refractivity contribution in [3.8, 4) is 0 Å². The first kappa shape index (κ1) is 30.7. The summed E-state index contributed by atoms with van der Waals surface area (Å²) in [7, 11) is -3.90. The highest BCUT2D eigenvalue weighted by Gasteiger charge is 2.46. The molecule has 3 aromatic heterocycles. The molecule has 2 aliphatic rings. The number of anilines is 3. The summed E-state index contributed by atoms with van der Waals surface area (Å²) >= 11 is 0. The normalized spacial score (nSPS) is 22.6. The second kappa shape index (κ2) is 11.4. The molecule has 0 saturated carbocycles. The maximum atomic E-state index is 12.8. The molecule has 44 heavy (non-hydrogen) atoms. The number of imidazole rings is 1. The number of hydrogen-bond donors (Lipinski definition) is 8. The van der Waals surface area contributed by atoms with Crippen molar-refractivity contribution < 1.29 is 33.0 Å².